The van der Waals surface area contributed by atoms with E-state index in [2.05, 4.69) is 31.2 Å². The van der Waals surface area contributed by atoms with Crippen LogP contribution in [0.4, 0.5) is 4.39 Å². The van der Waals surface area contributed by atoms with E-state index in [-0.39, 0.29) is 5.82 Å². The topological polar surface area (TPSA) is 43.6 Å². The maximum Gasteiger partial charge on any atom is 0.142 e. The molecule has 2 heterocycles. The number of hydrogen-bond acceptors (Lipinski definition) is 3. The van der Waals surface area contributed by atoms with Crippen molar-refractivity contribution in [3.8, 4) is 11.1 Å². The molecular formula is C15H12BrFN4. The summed E-state index contributed by atoms with van der Waals surface area (Å²) in [4.78, 5) is 3.90. The number of rotatable bonds is 3. The van der Waals surface area contributed by atoms with E-state index in [9.17, 15) is 4.39 Å². The number of fused-ring (bicyclic) bond motifs is 1. The molecule has 1 aliphatic rings. The Kier molecular flexibility index (Phi) is 2.99. The van der Waals surface area contributed by atoms with E-state index in [1.165, 1.54) is 25.1 Å². The van der Waals surface area contributed by atoms with Crippen molar-refractivity contribution in [2.75, 3.05) is 0 Å². The summed E-state index contributed by atoms with van der Waals surface area (Å²) in [5, 5.41) is 8.50. The SMILES string of the molecule is Fc1cncc(-c2ccc3c(nnn3CC3CC3)c2Br)c1. The summed E-state index contributed by atoms with van der Waals surface area (Å²) in [7, 11) is 0. The Morgan fingerprint density at radius 3 is 2.90 bits per heavy atom. The summed E-state index contributed by atoms with van der Waals surface area (Å²) in [6.45, 7) is 0.920. The zero-order chi connectivity index (χ0) is 14.4. The van der Waals surface area contributed by atoms with Crippen molar-refractivity contribution in [2.24, 2.45) is 5.92 Å². The van der Waals surface area contributed by atoms with E-state index in [0.29, 0.717) is 0 Å². The lowest BCUT2D eigenvalue weighted by Gasteiger charge is -2.06. The van der Waals surface area contributed by atoms with Crippen LogP contribution in [0.25, 0.3) is 22.2 Å². The molecule has 0 amide bonds. The number of benzene rings is 1. The van der Waals surface area contributed by atoms with Crippen LogP contribution in [-0.2, 0) is 6.54 Å². The summed E-state index contributed by atoms with van der Waals surface area (Å²) < 4.78 is 16.1. The molecule has 0 aliphatic heterocycles. The second-order valence-corrected chi connectivity index (χ2v) is 6.19. The van der Waals surface area contributed by atoms with Crippen molar-refractivity contribution in [2.45, 2.75) is 19.4 Å². The maximum atomic E-state index is 13.3. The van der Waals surface area contributed by atoms with E-state index in [1.54, 1.807) is 6.20 Å². The molecule has 0 atom stereocenters. The number of hydrogen-bond donors (Lipinski definition) is 0. The fourth-order valence-corrected chi connectivity index (χ4v) is 3.11. The third-order valence-electron chi connectivity index (χ3n) is 3.77. The zero-order valence-electron chi connectivity index (χ0n) is 11.1. The third kappa shape index (κ3) is 2.33. The van der Waals surface area contributed by atoms with Crippen molar-refractivity contribution in [1.29, 1.82) is 0 Å². The number of pyridine rings is 1. The molecule has 106 valence electrons. The third-order valence-corrected chi connectivity index (χ3v) is 4.57. The molecule has 0 spiro atoms. The van der Waals surface area contributed by atoms with Gasteiger partial charge in [0.05, 0.1) is 16.2 Å². The fourth-order valence-electron chi connectivity index (χ4n) is 2.47. The molecule has 1 aliphatic carbocycles. The van der Waals surface area contributed by atoms with Gasteiger partial charge in [-0.3, -0.25) is 4.98 Å². The molecule has 0 radical (unpaired) electrons. The van der Waals surface area contributed by atoms with Crippen LogP contribution in [-0.4, -0.2) is 20.0 Å². The molecule has 1 saturated carbocycles. The van der Waals surface area contributed by atoms with Gasteiger partial charge in [-0.15, -0.1) is 5.10 Å². The molecule has 4 rings (SSSR count). The van der Waals surface area contributed by atoms with Gasteiger partial charge in [-0.2, -0.15) is 0 Å². The predicted molar refractivity (Wildman–Crippen MR) is 81.1 cm³/mol. The lowest BCUT2D eigenvalue weighted by atomic mass is 10.1. The average Bonchev–Trinajstić information content (AvgIpc) is 3.19. The minimum absolute atomic E-state index is 0.350. The van der Waals surface area contributed by atoms with Crippen LogP contribution in [0.1, 0.15) is 12.8 Å². The van der Waals surface area contributed by atoms with Gasteiger partial charge in [0.25, 0.3) is 0 Å². The molecule has 0 saturated heterocycles. The Morgan fingerprint density at radius 1 is 1.29 bits per heavy atom. The Balaban J connectivity index is 1.82. The van der Waals surface area contributed by atoms with E-state index in [1.807, 2.05) is 16.8 Å². The van der Waals surface area contributed by atoms with E-state index in [0.717, 1.165) is 39.1 Å². The first-order valence-electron chi connectivity index (χ1n) is 6.85. The highest BCUT2D eigenvalue weighted by Crippen LogP contribution is 2.35. The molecule has 3 aromatic rings. The Labute approximate surface area is 129 Å². The van der Waals surface area contributed by atoms with Crippen LogP contribution >= 0.6 is 15.9 Å². The maximum absolute atomic E-state index is 13.3. The Bertz CT molecular complexity index is 826. The van der Waals surface area contributed by atoms with Crippen LogP contribution in [0.15, 0.2) is 35.1 Å². The molecule has 1 aromatic carbocycles. The molecule has 1 fully saturated rings. The summed E-state index contributed by atoms with van der Waals surface area (Å²) in [5.41, 5.74) is 3.40. The predicted octanol–water partition coefficient (Wildman–Crippen LogP) is 3.80. The minimum Gasteiger partial charge on any atom is -0.261 e. The quantitative estimate of drug-likeness (QED) is 0.724. The van der Waals surface area contributed by atoms with Gasteiger partial charge in [0.1, 0.15) is 11.3 Å². The minimum atomic E-state index is -0.350. The molecule has 0 N–H and O–H groups in total. The second-order valence-electron chi connectivity index (χ2n) is 5.40. The Hall–Kier alpha value is -1.82. The van der Waals surface area contributed by atoms with Gasteiger partial charge in [-0.25, -0.2) is 9.07 Å². The van der Waals surface area contributed by atoms with Gasteiger partial charge < -0.3 is 0 Å². The first-order chi connectivity index (χ1) is 10.2. The number of nitrogens with zero attached hydrogens (tertiary/aromatic N) is 4. The lowest BCUT2D eigenvalue weighted by molar-refractivity contribution is 0.559. The van der Waals surface area contributed by atoms with Crippen LogP contribution in [0.3, 0.4) is 0 Å². The van der Waals surface area contributed by atoms with Crippen molar-refractivity contribution >= 4 is 27.0 Å². The monoisotopic (exact) mass is 346 g/mol. The highest BCUT2D eigenvalue weighted by Gasteiger charge is 2.23. The van der Waals surface area contributed by atoms with Crippen molar-refractivity contribution < 1.29 is 4.39 Å². The Morgan fingerprint density at radius 2 is 2.14 bits per heavy atom. The first-order valence-corrected chi connectivity index (χ1v) is 7.64. The lowest BCUT2D eigenvalue weighted by Crippen LogP contribution is -2.01. The van der Waals surface area contributed by atoms with Crippen LogP contribution in [0, 0.1) is 11.7 Å². The molecule has 2 aromatic heterocycles. The summed E-state index contributed by atoms with van der Waals surface area (Å²) in [6.07, 6.45) is 5.39. The molecule has 0 unspecified atom stereocenters. The first kappa shape index (κ1) is 12.9. The zero-order valence-corrected chi connectivity index (χ0v) is 12.7. The van der Waals surface area contributed by atoms with Gasteiger partial charge >= 0.3 is 0 Å². The molecular weight excluding hydrogens is 335 g/mol. The summed E-state index contributed by atoms with van der Waals surface area (Å²) in [6, 6.07) is 5.41. The van der Waals surface area contributed by atoms with Crippen molar-refractivity contribution in [3.63, 3.8) is 0 Å². The van der Waals surface area contributed by atoms with Crippen LogP contribution < -0.4 is 0 Å². The fraction of sp³-hybridized carbons (Fsp3) is 0.267. The van der Waals surface area contributed by atoms with Crippen molar-refractivity contribution in [3.05, 3.63) is 40.9 Å². The molecule has 21 heavy (non-hydrogen) atoms. The smallest absolute Gasteiger partial charge is 0.142 e. The van der Waals surface area contributed by atoms with Gasteiger partial charge in [0, 0.05) is 18.3 Å². The van der Waals surface area contributed by atoms with Crippen LogP contribution in [0.2, 0.25) is 0 Å². The average molecular weight is 347 g/mol. The molecule has 0 bridgehead atoms. The molecule has 6 heteroatoms. The normalized spacial score (nSPS) is 14.8. The standard InChI is InChI=1S/C15H12BrFN4/c16-14-12(10-5-11(17)7-18-6-10)3-4-13-15(14)19-20-21(13)8-9-1-2-9/h3-7,9H,1-2,8H2. The summed E-state index contributed by atoms with van der Waals surface area (Å²) >= 11 is 3.57. The number of aromatic nitrogens is 4. The molecule has 4 nitrogen and oxygen atoms in total. The van der Waals surface area contributed by atoms with Crippen LogP contribution in [0.5, 0.6) is 0 Å². The van der Waals surface area contributed by atoms with E-state index < -0.39 is 0 Å². The van der Waals surface area contributed by atoms with E-state index >= 15 is 0 Å². The highest BCUT2D eigenvalue weighted by molar-refractivity contribution is 9.10. The number of halogens is 2. The van der Waals surface area contributed by atoms with Crippen molar-refractivity contribution in [1.82, 2.24) is 20.0 Å². The largest absolute Gasteiger partial charge is 0.261 e. The van der Waals surface area contributed by atoms with Gasteiger partial charge in [-0.05, 0) is 52.4 Å². The van der Waals surface area contributed by atoms with E-state index in [4.69, 9.17) is 0 Å². The second kappa shape index (κ2) is 4.87. The highest BCUT2D eigenvalue weighted by atomic mass is 79.9. The summed E-state index contributed by atoms with van der Waals surface area (Å²) in [5.74, 6) is 0.387. The van der Waals surface area contributed by atoms with Gasteiger partial charge in [0.2, 0.25) is 0 Å². The van der Waals surface area contributed by atoms with Gasteiger partial charge in [-0.1, -0.05) is 11.3 Å². The van der Waals surface area contributed by atoms with Gasteiger partial charge in [0.15, 0.2) is 0 Å².